The lowest BCUT2D eigenvalue weighted by Gasteiger charge is -2.24. The average molecular weight is 298 g/mol. The van der Waals surface area contributed by atoms with E-state index in [1.165, 1.54) is 13.2 Å². The van der Waals surface area contributed by atoms with Crippen molar-refractivity contribution in [2.24, 2.45) is 5.92 Å². The Hall–Kier alpha value is -2.09. The smallest absolute Gasteiger partial charge is 0.347 e. The fourth-order valence-corrected chi connectivity index (χ4v) is 2.35. The van der Waals surface area contributed by atoms with Gasteiger partial charge in [0, 0.05) is 5.57 Å². The fraction of sp³-hybridized carbons (Fsp3) is 0.368. The zero-order chi connectivity index (χ0) is 16.2. The van der Waals surface area contributed by atoms with E-state index in [0.29, 0.717) is 5.57 Å². The number of carbonyl (C=O) groups excluding carboxylic acids is 1. The van der Waals surface area contributed by atoms with Gasteiger partial charge < -0.3 is 9.84 Å². The fourth-order valence-electron chi connectivity index (χ4n) is 2.35. The number of hydrogen-bond donors (Lipinski definition) is 1. The molecule has 0 aromatic heterocycles. The van der Waals surface area contributed by atoms with Gasteiger partial charge in [-0.25, -0.2) is 4.79 Å². The highest BCUT2D eigenvalue weighted by atomic mass is 16.5. The van der Waals surface area contributed by atoms with Gasteiger partial charge in [0.15, 0.2) is 0 Å². The second-order valence-corrected chi connectivity index (χ2v) is 5.81. The van der Waals surface area contributed by atoms with Crippen LogP contribution < -0.4 is 0 Å². The van der Waals surface area contributed by atoms with E-state index in [4.69, 9.17) is 4.74 Å². The molecule has 1 atom stereocenters. The Bertz CT molecular complexity index is 628. The van der Waals surface area contributed by atoms with E-state index in [9.17, 15) is 9.90 Å². The molecule has 0 amide bonds. The van der Waals surface area contributed by atoms with Gasteiger partial charge in [0.05, 0.1) is 7.11 Å². The molecule has 3 heteroatoms. The van der Waals surface area contributed by atoms with Crippen LogP contribution >= 0.6 is 0 Å². The van der Waals surface area contributed by atoms with Crippen molar-refractivity contribution in [1.82, 2.24) is 0 Å². The molecule has 116 valence electrons. The van der Waals surface area contributed by atoms with Crippen molar-refractivity contribution in [3.63, 3.8) is 0 Å². The molecule has 0 saturated heterocycles. The Labute approximate surface area is 131 Å². The lowest BCUT2D eigenvalue weighted by molar-refractivity contribution is -0.154. The Morgan fingerprint density at radius 2 is 1.95 bits per heavy atom. The summed E-state index contributed by atoms with van der Waals surface area (Å²) in [6, 6.07) is 9.56. The molecule has 1 aliphatic carbocycles. The summed E-state index contributed by atoms with van der Waals surface area (Å²) in [5.74, 6) is -0.477. The van der Waals surface area contributed by atoms with Crippen LogP contribution in [0.3, 0.4) is 0 Å². The minimum absolute atomic E-state index is 0.194. The van der Waals surface area contributed by atoms with Crippen molar-refractivity contribution in [3.05, 3.63) is 58.8 Å². The maximum atomic E-state index is 12.2. The zero-order valence-corrected chi connectivity index (χ0v) is 13.3. The summed E-state index contributed by atoms with van der Waals surface area (Å²) in [5, 5.41) is 11.0. The minimum atomic E-state index is -1.76. The molecule has 1 saturated carbocycles. The van der Waals surface area contributed by atoms with Crippen LogP contribution in [0, 0.1) is 5.92 Å². The molecule has 1 aromatic carbocycles. The summed E-state index contributed by atoms with van der Waals surface area (Å²) in [7, 11) is 1.29. The standard InChI is InChI=1S/C19H22O3/c1-14(2)13-17(16-9-10-16)19(21,18(20)22-3)12-11-15-7-5-4-6-8-15/h4-8,11-12,16,21H,9-10H2,1-3H3/b12-11+/t19-/m1/s1. The van der Waals surface area contributed by atoms with Gasteiger partial charge in [-0.05, 0) is 49.8 Å². The summed E-state index contributed by atoms with van der Waals surface area (Å²) in [6.45, 7) is 3.81. The van der Waals surface area contributed by atoms with Crippen LogP contribution in [0.5, 0.6) is 0 Å². The SMILES string of the molecule is COC(=O)[C@@](O)(/C=C/c1ccccc1)C(=C=C(C)C)C1CC1. The molecule has 2 rings (SSSR count). The predicted molar refractivity (Wildman–Crippen MR) is 87.1 cm³/mol. The van der Waals surface area contributed by atoms with Crippen LogP contribution in [0.15, 0.2) is 53.3 Å². The van der Waals surface area contributed by atoms with Crippen molar-refractivity contribution in [3.8, 4) is 0 Å². The molecule has 1 fully saturated rings. The monoisotopic (exact) mass is 298 g/mol. The van der Waals surface area contributed by atoms with Gasteiger partial charge in [0.25, 0.3) is 0 Å². The molecule has 1 aliphatic rings. The summed E-state index contributed by atoms with van der Waals surface area (Å²) in [4.78, 5) is 12.2. The molecule has 1 N–H and O–H groups in total. The van der Waals surface area contributed by atoms with E-state index in [1.54, 1.807) is 6.08 Å². The first-order valence-corrected chi connectivity index (χ1v) is 7.47. The minimum Gasteiger partial charge on any atom is -0.466 e. The molecule has 22 heavy (non-hydrogen) atoms. The lowest BCUT2D eigenvalue weighted by Crippen LogP contribution is -2.40. The van der Waals surface area contributed by atoms with E-state index in [1.807, 2.05) is 44.2 Å². The highest BCUT2D eigenvalue weighted by Crippen LogP contribution is 2.42. The topological polar surface area (TPSA) is 46.5 Å². The summed E-state index contributed by atoms with van der Waals surface area (Å²) < 4.78 is 4.83. The van der Waals surface area contributed by atoms with Gasteiger partial charge in [-0.2, -0.15) is 0 Å². The van der Waals surface area contributed by atoms with E-state index in [2.05, 4.69) is 5.73 Å². The van der Waals surface area contributed by atoms with E-state index < -0.39 is 11.6 Å². The largest absolute Gasteiger partial charge is 0.466 e. The van der Waals surface area contributed by atoms with Gasteiger partial charge in [-0.3, -0.25) is 0 Å². The van der Waals surface area contributed by atoms with Crippen LogP contribution in [0.1, 0.15) is 32.3 Å². The lowest BCUT2D eigenvalue weighted by atomic mass is 9.89. The van der Waals surface area contributed by atoms with Crippen molar-refractivity contribution < 1.29 is 14.6 Å². The highest BCUT2D eigenvalue weighted by Gasteiger charge is 2.45. The van der Waals surface area contributed by atoms with Gasteiger partial charge in [-0.15, -0.1) is 5.73 Å². The number of ether oxygens (including phenoxy) is 1. The van der Waals surface area contributed by atoms with Crippen molar-refractivity contribution >= 4 is 12.0 Å². The maximum absolute atomic E-state index is 12.2. The number of esters is 1. The van der Waals surface area contributed by atoms with Gasteiger partial charge in [-0.1, -0.05) is 36.4 Å². The Balaban J connectivity index is 2.46. The average Bonchev–Trinajstić information content (AvgIpc) is 3.35. The normalized spacial score (nSPS) is 16.7. The second kappa shape index (κ2) is 6.78. The first-order valence-electron chi connectivity index (χ1n) is 7.47. The maximum Gasteiger partial charge on any atom is 0.347 e. The third-order valence-electron chi connectivity index (χ3n) is 3.59. The quantitative estimate of drug-likeness (QED) is 0.668. The van der Waals surface area contributed by atoms with Crippen LogP contribution in [0.2, 0.25) is 0 Å². The number of hydrogen-bond acceptors (Lipinski definition) is 3. The first-order chi connectivity index (χ1) is 10.5. The zero-order valence-electron chi connectivity index (χ0n) is 13.3. The number of methoxy groups -OCH3 is 1. The van der Waals surface area contributed by atoms with E-state index in [-0.39, 0.29) is 5.92 Å². The Morgan fingerprint density at radius 1 is 1.32 bits per heavy atom. The summed E-state index contributed by atoms with van der Waals surface area (Å²) >= 11 is 0. The molecular weight excluding hydrogens is 276 g/mol. The number of rotatable bonds is 5. The molecule has 0 aliphatic heterocycles. The highest BCUT2D eigenvalue weighted by molar-refractivity contribution is 5.87. The molecular formula is C19H22O3. The van der Waals surface area contributed by atoms with E-state index >= 15 is 0 Å². The Kier molecular flexibility index (Phi) is 5.02. The van der Waals surface area contributed by atoms with Gasteiger partial charge >= 0.3 is 5.97 Å². The molecule has 0 unspecified atom stereocenters. The van der Waals surface area contributed by atoms with Crippen molar-refractivity contribution in [1.29, 1.82) is 0 Å². The molecule has 0 spiro atoms. The number of aliphatic hydroxyl groups is 1. The third kappa shape index (κ3) is 3.76. The molecule has 0 bridgehead atoms. The Morgan fingerprint density at radius 3 is 2.45 bits per heavy atom. The van der Waals surface area contributed by atoms with Crippen LogP contribution in [0.25, 0.3) is 6.08 Å². The summed E-state index contributed by atoms with van der Waals surface area (Å²) in [5.41, 5.74) is 3.85. The molecule has 0 radical (unpaired) electrons. The number of carbonyl (C=O) groups is 1. The second-order valence-electron chi connectivity index (χ2n) is 5.81. The van der Waals surface area contributed by atoms with Crippen LogP contribution in [-0.2, 0) is 9.53 Å². The predicted octanol–water partition coefficient (Wildman–Crippen LogP) is 3.51. The third-order valence-corrected chi connectivity index (χ3v) is 3.59. The molecule has 1 aromatic rings. The molecule has 0 heterocycles. The van der Waals surface area contributed by atoms with Crippen LogP contribution in [-0.4, -0.2) is 23.8 Å². The first kappa shape index (κ1) is 16.3. The molecule has 3 nitrogen and oxygen atoms in total. The summed E-state index contributed by atoms with van der Waals surface area (Å²) in [6.07, 6.45) is 5.19. The number of benzene rings is 1. The van der Waals surface area contributed by atoms with E-state index in [0.717, 1.165) is 24.0 Å². The van der Waals surface area contributed by atoms with Gasteiger partial charge in [0.1, 0.15) is 0 Å². The van der Waals surface area contributed by atoms with Crippen molar-refractivity contribution in [2.45, 2.75) is 32.3 Å². The van der Waals surface area contributed by atoms with Crippen LogP contribution in [0.4, 0.5) is 0 Å². The van der Waals surface area contributed by atoms with Gasteiger partial charge in [0.2, 0.25) is 5.60 Å². The van der Waals surface area contributed by atoms with Crippen molar-refractivity contribution in [2.75, 3.05) is 7.11 Å².